The van der Waals surface area contributed by atoms with Gasteiger partial charge in [-0.25, -0.2) is 26.3 Å². The highest BCUT2D eigenvalue weighted by Crippen LogP contribution is 2.32. The second-order valence-corrected chi connectivity index (χ2v) is 7.64. The minimum absolute atomic E-state index is 0.00272. The summed E-state index contributed by atoms with van der Waals surface area (Å²) < 4.78 is 70.3. The Hall–Kier alpha value is -2.84. The van der Waals surface area contributed by atoms with E-state index in [0.29, 0.717) is 29.3 Å². The Balaban J connectivity index is 1.91. The fraction of sp³-hybridized carbons (Fsp3) is 0.0909. The lowest BCUT2D eigenvalue weighted by atomic mass is 10.1. The van der Waals surface area contributed by atoms with E-state index in [1.807, 2.05) is 0 Å². The van der Waals surface area contributed by atoms with Crippen LogP contribution in [0.5, 0.6) is 0 Å². The molecule has 0 aliphatic heterocycles. The van der Waals surface area contributed by atoms with Crippen LogP contribution in [0.3, 0.4) is 0 Å². The zero-order valence-corrected chi connectivity index (χ0v) is 16.5. The number of nitrogens with two attached hydrogens (primary N) is 1. The maximum Gasteiger partial charge on any atom is 0.198 e. The first-order valence-electron chi connectivity index (χ1n) is 8.79. The molecule has 0 saturated heterocycles. The molecule has 0 unspecified atom stereocenters. The summed E-state index contributed by atoms with van der Waals surface area (Å²) in [4.78, 5) is -0.449. The number of nitrogens with zero attached hydrogens (tertiary/aromatic N) is 1. The van der Waals surface area contributed by atoms with Crippen molar-refractivity contribution in [3.05, 3.63) is 107 Å². The van der Waals surface area contributed by atoms with Crippen LogP contribution in [-0.2, 0) is 13.1 Å². The van der Waals surface area contributed by atoms with Gasteiger partial charge in [0.25, 0.3) is 0 Å². The topological polar surface area (TPSA) is 29.3 Å². The molecule has 0 aromatic heterocycles. The van der Waals surface area contributed by atoms with Crippen molar-refractivity contribution in [1.29, 1.82) is 0 Å². The van der Waals surface area contributed by atoms with E-state index in [-0.39, 0.29) is 13.1 Å². The summed E-state index contributed by atoms with van der Waals surface area (Å²) in [6.45, 7) is 3.83. The molecule has 0 saturated carbocycles. The fourth-order valence-corrected chi connectivity index (χ4v) is 3.74. The van der Waals surface area contributed by atoms with Gasteiger partial charge in [0.2, 0.25) is 0 Å². The van der Waals surface area contributed by atoms with Gasteiger partial charge in [-0.2, -0.15) is 0 Å². The maximum absolute atomic E-state index is 14.2. The van der Waals surface area contributed by atoms with Crippen LogP contribution in [0, 0.1) is 29.1 Å². The molecule has 8 heteroatoms. The van der Waals surface area contributed by atoms with Crippen molar-refractivity contribution in [2.24, 2.45) is 5.73 Å². The number of hydrogen-bond donors (Lipinski definition) is 1. The Morgan fingerprint density at radius 3 is 2.13 bits per heavy atom. The Morgan fingerprint density at radius 2 is 1.50 bits per heavy atom. The van der Waals surface area contributed by atoms with Gasteiger partial charge in [0.05, 0.1) is 4.90 Å². The van der Waals surface area contributed by atoms with E-state index < -0.39 is 34.0 Å². The third-order valence-corrected chi connectivity index (χ3v) is 5.30. The van der Waals surface area contributed by atoms with E-state index >= 15 is 0 Å². The number of benzene rings is 3. The van der Waals surface area contributed by atoms with Gasteiger partial charge in [0.1, 0.15) is 5.82 Å². The number of hydrogen-bond acceptors (Lipinski definition) is 3. The fourth-order valence-electron chi connectivity index (χ4n) is 2.72. The summed E-state index contributed by atoms with van der Waals surface area (Å²) in [5.41, 5.74) is 7.82. The first kappa shape index (κ1) is 21.9. The molecular formula is C22H17F5N2S. The molecule has 0 bridgehead atoms. The second-order valence-electron chi connectivity index (χ2n) is 6.50. The highest BCUT2D eigenvalue weighted by Gasteiger charge is 2.22. The van der Waals surface area contributed by atoms with E-state index in [4.69, 9.17) is 5.73 Å². The molecule has 0 fully saturated rings. The molecule has 0 heterocycles. The van der Waals surface area contributed by atoms with Gasteiger partial charge in [-0.15, -0.1) is 0 Å². The predicted octanol–water partition coefficient (Wildman–Crippen LogP) is 6.02. The van der Waals surface area contributed by atoms with Crippen LogP contribution < -0.4 is 5.73 Å². The third kappa shape index (κ3) is 5.01. The van der Waals surface area contributed by atoms with Gasteiger partial charge in [-0.1, -0.05) is 49.0 Å². The summed E-state index contributed by atoms with van der Waals surface area (Å²) in [6.07, 6.45) is 0. The molecule has 3 aromatic carbocycles. The molecule has 0 spiro atoms. The first-order valence-corrected chi connectivity index (χ1v) is 9.56. The molecule has 2 nitrogen and oxygen atoms in total. The smallest absolute Gasteiger partial charge is 0.198 e. The van der Waals surface area contributed by atoms with Crippen molar-refractivity contribution >= 4 is 17.6 Å². The maximum atomic E-state index is 14.2. The normalized spacial score (nSPS) is 11.1. The summed E-state index contributed by atoms with van der Waals surface area (Å²) in [5, 5.41) is 0. The molecule has 0 aliphatic rings. The van der Waals surface area contributed by atoms with Gasteiger partial charge >= 0.3 is 0 Å². The van der Waals surface area contributed by atoms with Crippen LogP contribution in [0.4, 0.5) is 22.0 Å². The number of halogens is 5. The van der Waals surface area contributed by atoms with Gasteiger partial charge < -0.3 is 5.73 Å². The average Bonchev–Trinajstić information content (AvgIpc) is 2.72. The third-order valence-electron chi connectivity index (χ3n) is 4.28. The van der Waals surface area contributed by atoms with Crippen molar-refractivity contribution in [3.8, 4) is 0 Å². The summed E-state index contributed by atoms with van der Waals surface area (Å²) in [5.74, 6) is -7.26. The van der Waals surface area contributed by atoms with Crippen molar-refractivity contribution in [1.82, 2.24) is 4.31 Å². The largest absolute Gasteiger partial charge is 0.399 e. The van der Waals surface area contributed by atoms with Crippen LogP contribution in [0.2, 0.25) is 0 Å². The van der Waals surface area contributed by atoms with Crippen molar-refractivity contribution < 1.29 is 22.0 Å². The molecule has 156 valence electrons. The van der Waals surface area contributed by atoms with Gasteiger partial charge in [0.15, 0.2) is 23.3 Å². The first-order chi connectivity index (χ1) is 14.3. The average molecular weight is 436 g/mol. The lowest BCUT2D eigenvalue weighted by Gasteiger charge is -2.22. The molecule has 3 aromatic rings. The molecular weight excluding hydrogens is 419 g/mol. The highest BCUT2D eigenvalue weighted by molar-refractivity contribution is 7.97. The summed E-state index contributed by atoms with van der Waals surface area (Å²) >= 11 is 0.664. The minimum atomic E-state index is -1.89. The van der Waals surface area contributed by atoms with Gasteiger partial charge in [-0.05, 0) is 35.2 Å². The Bertz CT molecular complexity index is 1070. The van der Waals surface area contributed by atoms with E-state index in [1.165, 1.54) is 16.4 Å². The molecule has 0 aliphatic carbocycles. The van der Waals surface area contributed by atoms with Crippen molar-refractivity contribution in [2.75, 3.05) is 0 Å². The lowest BCUT2D eigenvalue weighted by Crippen LogP contribution is -2.16. The van der Waals surface area contributed by atoms with Gasteiger partial charge in [-0.3, -0.25) is 0 Å². The standard InChI is InChI=1S/C22H17F5N2S/c1-13(28)15-8-6-14(7-9-15)11-29(12-16-4-2-3-5-17(16)23)30-19-10-18(24)20(25)22(27)21(19)26/h2-10H,1,11-12,28H2. The second kappa shape index (κ2) is 9.32. The van der Waals surface area contributed by atoms with E-state index in [1.54, 1.807) is 36.4 Å². The van der Waals surface area contributed by atoms with E-state index in [0.717, 1.165) is 11.1 Å². The Morgan fingerprint density at radius 1 is 0.833 bits per heavy atom. The minimum Gasteiger partial charge on any atom is -0.399 e. The lowest BCUT2D eigenvalue weighted by molar-refractivity contribution is 0.395. The van der Waals surface area contributed by atoms with Crippen molar-refractivity contribution in [2.45, 2.75) is 18.0 Å². The van der Waals surface area contributed by atoms with Crippen LogP contribution in [0.15, 0.2) is 66.1 Å². The summed E-state index contributed by atoms with van der Waals surface area (Å²) in [7, 11) is 0. The molecule has 0 radical (unpaired) electrons. The SMILES string of the molecule is C=C(N)c1ccc(CN(Cc2ccccc2F)Sc2cc(F)c(F)c(F)c2F)cc1. The van der Waals surface area contributed by atoms with Crippen LogP contribution >= 0.6 is 11.9 Å². The molecule has 0 amide bonds. The predicted molar refractivity (Wildman–Crippen MR) is 107 cm³/mol. The van der Waals surface area contributed by atoms with Gasteiger partial charge in [0, 0.05) is 24.4 Å². The molecule has 30 heavy (non-hydrogen) atoms. The van der Waals surface area contributed by atoms with Crippen LogP contribution in [0.25, 0.3) is 5.70 Å². The highest BCUT2D eigenvalue weighted by atomic mass is 32.2. The zero-order valence-electron chi connectivity index (χ0n) is 15.6. The Labute approximate surface area is 175 Å². The quantitative estimate of drug-likeness (QED) is 0.213. The monoisotopic (exact) mass is 436 g/mol. The van der Waals surface area contributed by atoms with Crippen LogP contribution in [-0.4, -0.2) is 4.31 Å². The van der Waals surface area contributed by atoms with Crippen LogP contribution in [0.1, 0.15) is 16.7 Å². The zero-order chi connectivity index (χ0) is 21.8. The number of rotatable bonds is 7. The van der Waals surface area contributed by atoms with Crippen molar-refractivity contribution in [3.63, 3.8) is 0 Å². The van der Waals surface area contributed by atoms with E-state index in [9.17, 15) is 22.0 Å². The molecule has 2 N–H and O–H groups in total. The summed E-state index contributed by atoms with van der Waals surface area (Å²) in [6, 6.07) is 13.6. The van der Waals surface area contributed by atoms with E-state index in [2.05, 4.69) is 6.58 Å². The molecule has 3 rings (SSSR count). The molecule has 0 atom stereocenters. The Kier molecular flexibility index (Phi) is 6.79.